The predicted molar refractivity (Wildman–Crippen MR) is 76.5 cm³/mol. The highest BCUT2D eigenvalue weighted by Gasteiger charge is 2.27. The van der Waals surface area contributed by atoms with E-state index in [0.29, 0.717) is 0 Å². The summed E-state index contributed by atoms with van der Waals surface area (Å²) in [5.41, 5.74) is 7.76. The van der Waals surface area contributed by atoms with Gasteiger partial charge in [0.1, 0.15) is 0 Å². The van der Waals surface area contributed by atoms with Crippen molar-refractivity contribution < 1.29 is 4.79 Å². The van der Waals surface area contributed by atoms with Crippen molar-refractivity contribution in [2.45, 2.75) is 46.6 Å². The summed E-state index contributed by atoms with van der Waals surface area (Å²) < 4.78 is 0. The van der Waals surface area contributed by atoms with Crippen LogP contribution in [0.1, 0.15) is 39.7 Å². The molecule has 0 heterocycles. The lowest BCUT2D eigenvalue weighted by molar-refractivity contribution is -0.119. The predicted octanol–water partition coefficient (Wildman–Crippen LogP) is 2.95. The van der Waals surface area contributed by atoms with Crippen molar-refractivity contribution in [2.75, 3.05) is 5.32 Å². The van der Waals surface area contributed by atoms with E-state index in [-0.39, 0.29) is 11.3 Å². The Bertz CT molecular complexity index is 407. The normalized spacial score (nSPS) is 13.2. The molecule has 100 valence electrons. The van der Waals surface area contributed by atoms with Crippen molar-refractivity contribution in [2.24, 2.45) is 11.1 Å². The van der Waals surface area contributed by atoms with Crippen LogP contribution < -0.4 is 11.1 Å². The molecule has 3 heteroatoms. The Hall–Kier alpha value is -1.35. The van der Waals surface area contributed by atoms with Gasteiger partial charge in [-0.2, -0.15) is 0 Å². The molecule has 1 aromatic carbocycles. The first-order valence-electron chi connectivity index (χ1n) is 6.50. The molecule has 0 aliphatic heterocycles. The highest BCUT2D eigenvalue weighted by atomic mass is 16.2. The Labute approximate surface area is 110 Å². The van der Waals surface area contributed by atoms with Crippen LogP contribution in [0.25, 0.3) is 0 Å². The summed E-state index contributed by atoms with van der Waals surface area (Å²) in [5, 5.41) is 2.94. The Morgan fingerprint density at radius 2 is 1.94 bits per heavy atom. The molecule has 3 N–H and O–H groups in total. The van der Waals surface area contributed by atoms with E-state index in [4.69, 9.17) is 5.73 Å². The zero-order valence-corrected chi connectivity index (χ0v) is 11.8. The van der Waals surface area contributed by atoms with Gasteiger partial charge in [0.2, 0.25) is 5.91 Å². The van der Waals surface area contributed by atoms with E-state index in [1.165, 1.54) is 0 Å². The van der Waals surface area contributed by atoms with Gasteiger partial charge in [-0.15, -0.1) is 0 Å². The minimum atomic E-state index is -0.507. The monoisotopic (exact) mass is 248 g/mol. The van der Waals surface area contributed by atoms with Crippen LogP contribution in [0, 0.1) is 5.41 Å². The number of anilines is 1. The molecule has 0 radical (unpaired) electrons. The molecule has 1 unspecified atom stereocenters. The number of hydrogen-bond donors (Lipinski definition) is 2. The van der Waals surface area contributed by atoms with Gasteiger partial charge in [-0.1, -0.05) is 52.3 Å². The first-order valence-corrected chi connectivity index (χ1v) is 6.50. The molecule has 1 aromatic rings. The summed E-state index contributed by atoms with van der Waals surface area (Å²) in [4.78, 5) is 12.1. The van der Waals surface area contributed by atoms with Gasteiger partial charge >= 0.3 is 0 Å². The van der Waals surface area contributed by atoms with Crippen molar-refractivity contribution in [3.8, 4) is 0 Å². The largest absolute Gasteiger partial charge is 0.324 e. The fourth-order valence-corrected chi connectivity index (χ4v) is 1.73. The molecule has 0 aliphatic carbocycles. The van der Waals surface area contributed by atoms with Crippen LogP contribution in [0.5, 0.6) is 0 Å². The molecule has 18 heavy (non-hydrogen) atoms. The van der Waals surface area contributed by atoms with E-state index in [1.54, 1.807) is 0 Å². The zero-order valence-electron chi connectivity index (χ0n) is 11.8. The third kappa shape index (κ3) is 3.84. The van der Waals surface area contributed by atoms with Crippen LogP contribution >= 0.6 is 0 Å². The van der Waals surface area contributed by atoms with E-state index < -0.39 is 6.04 Å². The first kappa shape index (κ1) is 14.7. The molecule has 0 aromatic heterocycles. The fraction of sp³-hybridized carbons (Fsp3) is 0.533. The van der Waals surface area contributed by atoms with Gasteiger partial charge in [0, 0.05) is 5.69 Å². The van der Waals surface area contributed by atoms with Gasteiger partial charge in [-0.25, -0.2) is 0 Å². The number of carbonyl (C=O) groups excluding carboxylic acids is 1. The average Bonchev–Trinajstić information content (AvgIpc) is 2.29. The van der Waals surface area contributed by atoms with E-state index in [2.05, 4.69) is 12.2 Å². The molecule has 0 fully saturated rings. The van der Waals surface area contributed by atoms with Crippen LogP contribution in [0.15, 0.2) is 24.3 Å². The summed E-state index contributed by atoms with van der Waals surface area (Å²) in [6.07, 6.45) is 2.01. The number of hydrogen-bond acceptors (Lipinski definition) is 2. The molecule has 0 saturated heterocycles. The number of nitrogens with two attached hydrogens (primary N) is 1. The maximum Gasteiger partial charge on any atom is 0.241 e. The highest BCUT2D eigenvalue weighted by Crippen LogP contribution is 2.21. The maximum atomic E-state index is 12.1. The number of aryl methyl sites for hydroxylation is 1. The van der Waals surface area contributed by atoms with E-state index in [0.717, 1.165) is 24.1 Å². The maximum absolute atomic E-state index is 12.1. The molecule has 3 nitrogen and oxygen atoms in total. The number of nitrogens with one attached hydrogen (secondary N) is 1. The first-order chi connectivity index (χ1) is 8.36. The van der Waals surface area contributed by atoms with Gasteiger partial charge in [0.05, 0.1) is 6.04 Å². The van der Waals surface area contributed by atoms with Crippen molar-refractivity contribution in [3.63, 3.8) is 0 Å². The summed E-state index contributed by atoms with van der Waals surface area (Å²) >= 11 is 0. The van der Waals surface area contributed by atoms with Crippen LogP contribution in [0.3, 0.4) is 0 Å². The lowest BCUT2D eigenvalue weighted by atomic mass is 9.87. The van der Waals surface area contributed by atoms with Gasteiger partial charge < -0.3 is 11.1 Å². The van der Waals surface area contributed by atoms with Crippen molar-refractivity contribution in [1.82, 2.24) is 0 Å². The number of amides is 1. The summed E-state index contributed by atoms with van der Waals surface area (Å²) in [6, 6.07) is 7.38. The van der Waals surface area contributed by atoms with E-state index in [1.807, 2.05) is 45.0 Å². The SMILES string of the molecule is CCCc1ccccc1NC(=O)C(N)C(C)(C)C. The summed E-state index contributed by atoms with van der Waals surface area (Å²) in [5.74, 6) is -0.119. The lowest BCUT2D eigenvalue weighted by Crippen LogP contribution is -2.45. The third-order valence-electron chi connectivity index (χ3n) is 3.01. The van der Waals surface area contributed by atoms with Crippen LogP contribution in [-0.2, 0) is 11.2 Å². The lowest BCUT2D eigenvalue weighted by Gasteiger charge is -2.26. The van der Waals surface area contributed by atoms with Gasteiger partial charge in [0.15, 0.2) is 0 Å². The second-order valence-corrected chi connectivity index (χ2v) is 5.74. The van der Waals surface area contributed by atoms with E-state index >= 15 is 0 Å². The van der Waals surface area contributed by atoms with Crippen molar-refractivity contribution >= 4 is 11.6 Å². The molecule has 1 rings (SSSR count). The molecular formula is C15H24N2O. The second-order valence-electron chi connectivity index (χ2n) is 5.74. The molecule has 0 spiro atoms. The minimum absolute atomic E-state index is 0.119. The third-order valence-corrected chi connectivity index (χ3v) is 3.01. The summed E-state index contributed by atoms with van der Waals surface area (Å²) in [7, 11) is 0. The smallest absolute Gasteiger partial charge is 0.241 e. The Kier molecular flexibility index (Phi) is 4.91. The minimum Gasteiger partial charge on any atom is -0.324 e. The second kappa shape index (κ2) is 6.01. The van der Waals surface area contributed by atoms with Crippen molar-refractivity contribution in [1.29, 1.82) is 0 Å². The van der Waals surface area contributed by atoms with Gasteiger partial charge in [-0.05, 0) is 23.5 Å². The van der Waals surface area contributed by atoms with Crippen molar-refractivity contribution in [3.05, 3.63) is 29.8 Å². The zero-order chi connectivity index (χ0) is 13.8. The molecule has 1 amide bonds. The topological polar surface area (TPSA) is 55.1 Å². The molecule has 0 bridgehead atoms. The standard InChI is InChI=1S/C15H24N2O/c1-5-8-11-9-6-7-10-12(11)17-14(18)13(16)15(2,3)4/h6-7,9-10,13H,5,8,16H2,1-4H3,(H,17,18). The highest BCUT2D eigenvalue weighted by molar-refractivity contribution is 5.95. The van der Waals surface area contributed by atoms with Crippen LogP contribution in [-0.4, -0.2) is 11.9 Å². The number of carbonyl (C=O) groups is 1. The van der Waals surface area contributed by atoms with Gasteiger partial charge in [-0.3, -0.25) is 4.79 Å². The summed E-state index contributed by atoms with van der Waals surface area (Å²) in [6.45, 7) is 8.03. The molecule has 0 saturated carbocycles. The molecular weight excluding hydrogens is 224 g/mol. The van der Waals surface area contributed by atoms with Crippen LogP contribution in [0.2, 0.25) is 0 Å². The number of rotatable bonds is 4. The Balaban J connectivity index is 2.82. The number of para-hydroxylation sites is 1. The van der Waals surface area contributed by atoms with Crippen LogP contribution in [0.4, 0.5) is 5.69 Å². The Morgan fingerprint density at radius 1 is 1.33 bits per heavy atom. The van der Waals surface area contributed by atoms with Gasteiger partial charge in [0.25, 0.3) is 0 Å². The molecule has 1 atom stereocenters. The Morgan fingerprint density at radius 3 is 2.50 bits per heavy atom. The molecule has 0 aliphatic rings. The quantitative estimate of drug-likeness (QED) is 0.860. The fourth-order valence-electron chi connectivity index (χ4n) is 1.73. The average molecular weight is 248 g/mol. The number of benzene rings is 1. The van der Waals surface area contributed by atoms with E-state index in [9.17, 15) is 4.79 Å².